The largest absolute Gasteiger partial charge is 0.497 e. The maximum absolute atomic E-state index is 13.1. The number of methoxy groups -OCH3 is 4. The highest BCUT2D eigenvalue weighted by Gasteiger charge is 2.31. The van der Waals surface area contributed by atoms with E-state index < -0.39 is 0 Å². The van der Waals surface area contributed by atoms with Crippen LogP contribution in [0.25, 0.3) is 0 Å². The van der Waals surface area contributed by atoms with Crippen LogP contribution in [0.4, 0.5) is 0 Å². The molecule has 1 atom stereocenters. The molecule has 3 rings (SSSR count). The van der Waals surface area contributed by atoms with Crippen molar-refractivity contribution in [2.45, 2.75) is 31.7 Å². The minimum absolute atomic E-state index is 0.00685. The van der Waals surface area contributed by atoms with Crippen LogP contribution < -0.4 is 18.9 Å². The molecule has 0 aromatic heterocycles. The number of ether oxygens (including phenoxy) is 4. The normalized spacial score (nSPS) is 15.9. The Morgan fingerprint density at radius 1 is 0.931 bits per heavy atom. The lowest BCUT2D eigenvalue weighted by Crippen LogP contribution is -2.31. The Hall–Kier alpha value is -2.89. The van der Waals surface area contributed by atoms with Gasteiger partial charge in [-0.2, -0.15) is 0 Å². The quantitative estimate of drug-likeness (QED) is 0.671. The van der Waals surface area contributed by atoms with Gasteiger partial charge in [-0.15, -0.1) is 0 Å². The summed E-state index contributed by atoms with van der Waals surface area (Å²) in [6.45, 7) is 0.755. The molecule has 0 saturated carbocycles. The van der Waals surface area contributed by atoms with E-state index in [1.165, 1.54) is 0 Å². The van der Waals surface area contributed by atoms with E-state index in [0.29, 0.717) is 12.8 Å². The van der Waals surface area contributed by atoms with Crippen molar-refractivity contribution >= 4 is 5.91 Å². The topological polar surface area (TPSA) is 57.2 Å². The standard InChI is InChI=1S/C23H29NO5/c1-26-17-8-9-22(29-4)20(15-17)21-6-5-11-24(21)23(25)10-7-16-12-18(27-2)14-19(13-16)28-3/h8-9,12-15,21H,5-7,10-11H2,1-4H3. The van der Waals surface area contributed by atoms with Crippen LogP contribution in [0.15, 0.2) is 36.4 Å². The number of rotatable bonds is 8. The molecule has 1 aliphatic rings. The fourth-order valence-electron chi connectivity index (χ4n) is 3.89. The number of likely N-dealkylation sites (tertiary alicyclic amines) is 1. The Balaban J connectivity index is 1.74. The lowest BCUT2D eigenvalue weighted by atomic mass is 10.0. The van der Waals surface area contributed by atoms with Gasteiger partial charge in [0.15, 0.2) is 0 Å². The first-order chi connectivity index (χ1) is 14.1. The fourth-order valence-corrected chi connectivity index (χ4v) is 3.89. The molecule has 6 nitrogen and oxygen atoms in total. The predicted octanol–water partition coefficient (Wildman–Crippen LogP) is 4.02. The lowest BCUT2D eigenvalue weighted by molar-refractivity contribution is -0.132. The van der Waals surface area contributed by atoms with Crippen LogP contribution in [0.5, 0.6) is 23.0 Å². The summed E-state index contributed by atoms with van der Waals surface area (Å²) in [6.07, 6.45) is 2.95. The van der Waals surface area contributed by atoms with Crippen LogP contribution in [0.3, 0.4) is 0 Å². The molecule has 1 unspecified atom stereocenters. The van der Waals surface area contributed by atoms with Crippen LogP contribution in [-0.2, 0) is 11.2 Å². The number of carbonyl (C=O) groups excluding carboxylic acids is 1. The molecule has 1 saturated heterocycles. The van der Waals surface area contributed by atoms with Gasteiger partial charge in [-0.25, -0.2) is 0 Å². The predicted molar refractivity (Wildman–Crippen MR) is 111 cm³/mol. The van der Waals surface area contributed by atoms with E-state index in [9.17, 15) is 4.79 Å². The van der Waals surface area contributed by atoms with Crippen LogP contribution in [0, 0.1) is 0 Å². The van der Waals surface area contributed by atoms with Crippen molar-refractivity contribution < 1.29 is 23.7 Å². The SMILES string of the molecule is COc1cc(CCC(=O)N2CCCC2c2cc(OC)ccc2OC)cc(OC)c1. The molecular formula is C23H29NO5. The molecule has 1 fully saturated rings. The van der Waals surface area contributed by atoms with E-state index in [1.807, 2.05) is 41.3 Å². The summed E-state index contributed by atoms with van der Waals surface area (Å²) >= 11 is 0. The molecule has 6 heteroatoms. The molecular weight excluding hydrogens is 370 g/mol. The third-order valence-corrected chi connectivity index (χ3v) is 5.41. The minimum Gasteiger partial charge on any atom is -0.497 e. The summed E-state index contributed by atoms with van der Waals surface area (Å²) in [7, 11) is 6.55. The first-order valence-electron chi connectivity index (χ1n) is 9.83. The van der Waals surface area contributed by atoms with E-state index in [4.69, 9.17) is 18.9 Å². The molecule has 1 heterocycles. The number of aryl methyl sites for hydroxylation is 1. The van der Waals surface area contributed by atoms with E-state index in [1.54, 1.807) is 28.4 Å². The zero-order valence-corrected chi connectivity index (χ0v) is 17.6. The van der Waals surface area contributed by atoms with Crippen LogP contribution >= 0.6 is 0 Å². The summed E-state index contributed by atoms with van der Waals surface area (Å²) < 4.78 is 21.6. The molecule has 0 radical (unpaired) electrons. The summed E-state index contributed by atoms with van der Waals surface area (Å²) in [5.74, 6) is 3.15. The van der Waals surface area contributed by atoms with Crippen molar-refractivity contribution in [3.05, 3.63) is 47.5 Å². The number of benzene rings is 2. The third-order valence-electron chi connectivity index (χ3n) is 5.41. The molecule has 0 spiro atoms. The van der Waals surface area contributed by atoms with E-state index in [-0.39, 0.29) is 11.9 Å². The van der Waals surface area contributed by atoms with Gasteiger partial charge in [0.2, 0.25) is 5.91 Å². The highest BCUT2D eigenvalue weighted by molar-refractivity contribution is 5.77. The molecule has 2 aromatic carbocycles. The van der Waals surface area contributed by atoms with Gasteiger partial charge in [0.25, 0.3) is 0 Å². The first kappa shape index (κ1) is 20.8. The van der Waals surface area contributed by atoms with Gasteiger partial charge in [-0.05, 0) is 55.2 Å². The number of amides is 1. The maximum atomic E-state index is 13.1. The van der Waals surface area contributed by atoms with Crippen molar-refractivity contribution in [1.29, 1.82) is 0 Å². The lowest BCUT2D eigenvalue weighted by Gasteiger charge is -2.27. The Labute approximate surface area is 172 Å². The molecule has 29 heavy (non-hydrogen) atoms. The highest BCUT2D eigenvalue weighted by atomic mass is 16.5. The number of hydrogen-bond acceptors (Lipinski definition) is 5. The van der Waals surface area contributed by atoms with Gasteiger partial charge < -0.3 is 23.8 Å². The van der Waals surface area contributed by atoms with Gasteiger partial charge in [-0.3, -0.25) is 4.79 Å². The van der Waals surface area contributed by atoms with E-state index in [0.717, 1.165) is 53.5 Å². The summed E-state index contributed by atoms with van der Waals surface area (Å²) in [6, 6.07) is 11.5. The maximum Gasteiger partial charge on any atom is 0.223 e. The highest BCUT2D eigenvalue weighted by Crippen LogP contribution is 2.39. The van der Waals surface area contributed by atoms with Gasteiger partial charge >= 0.3 is 0 Å². The Morgan fingerprint density at radius 3 is 2.24 bits per heavy atom. The second kappa shape index (κ2) is 9.54. The Kier molecular flexibility index (Phi) is 6.86. The minimum atomic E-state index is 0.00685. The Bertz CT molecular complexity index is 829. The average Bonchev–Trinajstić information content (AvgIpc) is 3.26. The van der Waals surface area contributed by atoms with Crippen LogP contribution in [-0.4, -0.2) is 45.8 Å². The molecule has 0 bridgehead atoms. The first-order valence-corrected chi connectivity index (χ1v) is 9.83. The van der Waals surface area contributed by atoms with Crippen molar-refractivity contribution in [2.75, 3.05) is 35.0 Å². The smallest absolute Gasteiger partial charge is 0.223 e. The van der Waals surface area contributed by atoms with E-state index in [2.05, 4.69) is 0 Å². The Morgan fingerprint density at radius 2 is 1.62 bits per heavy atom. The number of carbonyl (C=O) groups is 1. The number of nitrogens with zero attached hydrogens (tertiary/aromatic N) is 1. The molecule has 1 amide bonds. The van der Waals surface area contributed by atoms with Crippen LogP contribution in [0.1, 0.15) is 36.4 Å². The van der Waals surface area contributed by atoms with Gasteiger partial charge in [0.1, 0.15) is 23.0 Å². The number of hydrogen-bond donors (Lipinski definition) is 0. The second-order valence-corrected chi connectivity index (χ2v) is 7.07. The molecule has 0 N–H and O–H groups in total. The zero-order valence-electron chi connectivity index (χ0n) is 17.6. The third kappa shape index (κ3) is 4.75. The van der Waals surface area contributed by atoms with Crippen molar-refractivity contribution in [3.63, 3.8) is 0 Å². The molecule has 156 valence electrons. The summed E-state index contributed by atoms with van der Waals surface area (Å²) in [5.41, 5.74) is 2.02. The van der Waals surface area contributed by atoms with E-state index >= 15 is 0 Å². The summed E-state index contributed by atoms with van der Waals surface area (Å²) in [5, 5.41) is 0. The molecule has 1 aliphatic heterocycles. The van der Waals surface area contributed by atoms with Crippen molar-refractivity contribution in [1.82, 2.24) is 4.90 Å². The fraction of sp³-hybridized carbons (Fsp3) is 0.435. The molecule has 2 aromatic rings. The monoisotopic (exact) mass is 399 g/mol. The van der Waals surface area contributed by atoms with Crippen molar-refractivity contribution in [3.8, 4) is 23.0 Å². The average molecular weight is 399 g/mol. The van der Waals surface area contributed by atoms with Gasteiger partial charge in [0.05, 0.1) is 34.5 Å². The van der Waals surface area contributed by atoms with Crippen molar-refractivity contribution in [2.24, 2.45) is 0 Å². The van der Waals surface area contributed by atoms with Gasteiger partial charge in [-0.1, -0.05) is 0 Å². The molecule has 0 aliphatic carbocycles. The van der Waals surface area contributed by atoms with Crippen LogP contribution in [0.2, 0.25) is 0 Å². The zero-order chi connectivity index (χ0) is 20.8. The summed E-state index contributed by atoms with van der Waals surface area (Å²) in [4.78, 5) is 15.0. The second-order valence-electron chi connectivity index (χ2n) is 7.07. The van der Waals surface area contributed by atoms with Gasteiger partial charge in [0, 0.05) is 24.6 Å².